The molecule has 0 saturated heterocycles. The maximum Gasteiger partial charge on any atom is 0.241 e. The fourth-order valence-corrected chi connectivity index (χ4v) is 10.3. The van der Waals surface area contributed by atoms with Crippen LogP contribution in [0.5, 0.6) is 0 Å². The Morgan fingerprint density at radius 1 is 0.878 bits per heavy atom. The number of hydrogen-bond donors (Lipinski definition) is 5. The van der Waals surface area contributed by atoms with Crippen LogP contribution in [0.15, 0.2) is 48.9 Å². The molecule has 7 N–H and O–H groups in total. The summed E-state index contributed by atoms with van der Waals surface area (Å²) in [7, 11) is 0. The topological polar surface area (TPSA) is 156 Å². The number of nitrogens with one attached hydrogen (secondary N) is 3. The van der Waals surface area contributed by atoms with Crippen molar-refractivity contribution >= 4 is 29.1 Å². The van der Waals surface area contributed by atoms with Gasteiger partial charge in [0.25, 0.3) is 0 Å². The number of benzene rings is 2. The minimum atomic E-state index is -0.726. The summed E-state index contributed by atoms with van der Waals surface area (Å²) in [5.74, 6) is 0.955. The number of aromatic amines is 1. The average Bonchev–Trinajstić information content (AvgIpc) is 3.60. The first kappa shape index (κ1) is 33.5. The highest BCUT2D eigenvalue weighted by Gasteiger charge is 2.55. The first-order valence-electron chi connectivity index (χ1n) is 18.3. The number of anilines is 2. The van der Waals surface area contributed by atoms with Crippen LogP contribution < -0.4 is 22.1 Å². The number of nitrogens with two attached hydrogens (primary N) is 2. The number of H-pyrrole nitrogens is 1. The zero-order valence-electron chi connectivity index (χ0n) is 29.4. The van der Waals surface area contributed by atoms with Gasteiger partial charge < -0.3 is 21.8 Å². The van der Waals surface area contributed by atoms with Crippen LogP contribution in [0.2, 0.25) is 0 Å². The van der Waals surface area contributed by atoms with Gasteiger partial charge in [-0.3, -0.25) is 19.7 Å². The molecule has 0 aliphatic heterocycles. The smallest absolute Gasteiger partial charge is 0.241 e. The van der Waals surface area contributed by atoms with Crippen LogP contribution in [-0.2, 0) is 33.6 Å². The fraction of sp³-hybridized carbons (Fsp3) is 0.550. The number of imidazole rings is 1. The number of rotatable bonds is 6. The molecule has 3 amide bonds. The van der Waals surface area contributed by atoms with E-state index in [0.29, 0.717) is 23.9 Å². The third-order valence-electron chi connectivity index (χ3n) is 13.3. The second kappa shape index (κ2) is 12.7. The van der Waals surface area contributed by atoms with Gasteiger partial charge in [0.15, 0.2) is 0 Å². The number of hydrogen-bond acceptors (Lipinski definition) is 6. The number of carbonyl (C=O) groups is 3. The zero-order chi connectivity index (χ0) is 34.7. The van der Waals surface area contributed by atoms with E-state index < -0.39 is 16.9 Å². The molecule has 2 saturated carbocycles. The second-order valence-corrected chi connectivity index (χ2v) is 16.2. The van der Waals surface area contributed by atoms with Crippen molar-refractivity contribution in [3.05, 3.63) is 76.9 Å². The Morgan fingerprint density at radius 2 is 1.45 bits per heavy atom. The maximum atomic E-state index is 14.4. The highest BCUT2D eigenvalue weighted by Crippen LogP contribution is 2.58. The maximum absolute atomic E-state index is 14.4. The van der Waals surface area contributed by atoms with Gasteiger partial charge in [-0.15, -0.1) is 0 Å². The van der Waals surface area contributed by atoms with Crippen LogP contribution in [0.3, 0.4) is 0 Å². The van der Waals surface area contributed by atoms with Crippen LogP contribution in [0.1, 0.15) is 106 Å². The molecule has 0 spiro atoms. The van der Waals surface area contributed by atoms with Gasteiger partial charge in [0.2, 0.25) is 17.7 Å². The molecule has 7 rings (SSSR count). The lowest BCUT2D eigenvalue weighted by Crippen LogP contribution is -2.57. The van der Waals surface area contributed by atoms with Gasteiger partial charge in [0, 0.05) is 24.0 Å². The molecular formula is C40H52N6O3. The number of nitrogens with zero attached hydrogens (tertiary/aromatic N) is 1. The third kappa shape index (κ3) is 5.88. The van der Waals surface area contributed by atoms with E-state index in [1.807, 2.05) is 12.1 Å². The Morgan fingerprint density at radius 3 is 2.02 bits per heavy atom. The van der Waals surface area contributed by atoms with Gasteiger partial charge in [0.1, 0.15) is 0 Å². The molecule has 2 aromatic carbocycles. The number of aromatic nitrogens is 2. The zero-order valence-corrected chi connectivity index (χ0v) is 29.4. The first-order chi connectivity index (χ1) is 23.4. The molecule has 0 radical (unpaired) electrons. The summed E-state index contributed by atoms with van der Waals surface area (Å²) in [4.78, 5) is 48.9. The first-order valence-corrected chi connectivity index (χ1v) is 18.3. The van der Waals surface area contributed by atoms with Gasteiger partial charge in [-0.2, -0.15) is 0 Å². The van der Waals surface area contributed by atoms with Crippen molar-refractivity contribution in [3.63, 3.8) is 0 Å². The standard InChI is InChI=1S/C40H52N6O3/c1-22-13-15-39(3,31-11-7-24-5-9-26(41)17-29(24)34(22)31)37(48)46-38(49)40(4)16-14-23(2)35-30-18-27(10-6-25(30)8-12-32(35)40)45-36(47)33(42)19-28-20-43-21-44-28/h5-6,9-10,17-18,20-23,31-35H,7-8,11-16,19,41-42H2,1-4H3,(H,43,44)(H,45,47)(H,46,48,49)/t22-,23-,31+,32+,33-,34+,35+,39-,40-/m0/s1. The Labute approximate surface area is 289 Å². The second-order valence-electron chi connectivity index (χ2n) is 16.2. The Kier molecular flexibility index (Phi) is 8.70. The van der Waals surface area contributed by atoms with Crippen molar-refractivity contribution in [3.8, 4) is 0 Å². The van der Waals surface area contributed by atoms with Crippen LogP contribution in [0, 0.1) is 34.5 Å². The molecule has 1 aromatic heterocycles. The molecule has 260 valence electrons. The van der Waals surface area contributed by atoms with Crippen molar-refractivity contribution in [2.45, 2.75) is 103 Å². The summed E-state index contributed by atoms with van der Waals surface area (Å²) in [6.07, 6.45) is 10.6. The molecule has 4 aliphatic rings. The number of imide groups is 1. The van der Waals surface area contributed by atoms with Crippen LogP contribution >= 0.6 is 0 Å². The fourth-order valence-electron chi connectivity index (χ4n) is 10.3. The van der Waals surface area contributed by atoms with Gasteiger partial charge in [0.05, 0.1) is 28.9 Å². The van der Waals surface area contributed by atoms with E-state index in [1.165, 1.54) is 22.3 Å². The van der Waals surface area contributed by atoms with Gasteiger partial charge in [-0.05, 0) is 133 Å². The number of amides is 3. The molecule has 49 heavy (non-hydrogen) atoms. The SMILES string of the molecule is C[C@H]1CC[C@](C)(C(=O)NC(=O)[C@@]2(C)CC[C@H](C)[C@@H]3c4cc(NC(=O)[C@@H](N)Cc5c[nH]cn5)ccc4CC[C@H]32)[C@@H]2CCc3ccc(N)cc3[C@H]21. The summed E-state index contributed by atoms with van der Waals surface area (Å²) >= 11 is 0. The summed E-state index contributed by atoms with van der Waals surface area (Å²) < 4.78 is 0. The van der Waals surface area contributed by atoms with Crippen LogP contribution in [0.4, 0.5) is 11.4 Å². The van der Waals surface area contributed by atoms with E-state index in [-0.39, 0.29) is 41.4 Å². The molecular weight excluding hydrogens is 612 g/mol. The third-order valence-corrected chi connectivity index (χ3v) is 13.3. The van der Waals surface area contributed by atoms with Crippen molar-refractivity contribution in [2.75, 3.05) is 11.1 Å². The molecule has 9 heteroatoms. The largest absolute Gasteiger partial charge is 0.399 e. The van der Waals surface area contributed by atoms with E-state index in [1.54, 1.807) is 12.5 Å². The molecule has 9 atom stereocenters. The summed E-state index contributed by atoms with van der Waals surface area (Å²) in [5.41, 5.74) is 18.5. The minimum absolute atomic E-state index is 0.0842. The monoisotopic (exact) mass is 664 g/mol. The number of carbonyl (C=O) groups excluding carboxylic acids is 3. The molecule has 4 aliphatic carbocycles. The van der Waals surface area contributed by atoms with E-state index in [4.69, 9.17) is 11.5 Å². The summed E-state index contributed by atoms with van der Waals surface area (Å²) in [6.45, 7) is 8.75. The number of nitrogen functional groups attached to an aromatic ring is 1. The van der Waals surface area contributed by atoms with E-state index in [2.05, 4.69) is 72.6 Å². The molecule has 0 unspecified atom stereocenters. The Balaban J connectivity index is 1.09. The van der Waals surface area contributed by atoms with Crippen LogP contribution in [-0.4, -0.2) is 33.7 Å². The van der Waals surface area contributed by atoms with Gasteiger partial charge in [-0.1, -0.05) is 39.8 Å². The van der Waals surface area contributed by atoms with Crippen molar-refractivity contribution in [1.29, 1.82) is 0 Å². The minimum Gasteiger partial charge on any atom is -0.399 e. The van der Waals surface area contributed by atoms with Crippen molar-refractivity contribution in [2.24, 2.45) is 40.2 Å². The molecule has 3 aromatic rings. The quantitative estimate of drug-likeness (QED) is 0.161. The lowest BCUT2D eigenvalue weighted by molar-refractivity contribution is -0.149. The summed E-state index contributed by atoms with van der Waals surface area (Å²) in [6, 6.07) is 11.7. The molecule has 0 bridgehead atoms. The Hall–Kier alpha value is -3.98. The number of fused-ring (bicyclic) bond motifs is 6. The highest BCUT2D eigenvalue weighted by atomic mass is 16.2. The van der Waals surface area contributed by atoms with E-state index in [0.717, 1.165) is 62.7 Å². The van der Waals surface area contributed by atoms with Gasteiger partial charge in [-0.25, -0.2) is 4.98 Å². The lowest BCUT2D eigenvalue weighted by Gasteiger charge is -2.52. The molecule has 1 heterocycles. The highest BCUT2D eigenvalue weighted by molar-refractivity contribution is 6.01. The molecule has 2 fully saturated rings. The van der Waals surface area contributed by atoms with E-state index in [9.17, 15) is 14.4 Å². The van der Waals surface area contributed by atoms with Crippen LogP contribution in [0.25, 0.3) is 0 Å². The average molecular weight is 665 g/mol. The molecule has 9 nitrogen and oxygen atoms in total. The van der Waals surface area contributed by atoms with E-state index >= 15 is 0 Å². The predicted octanol–water partition coefficient (Wildman–Crippen LogP) is 6.01. The lowest BCUT2D eigenvalue weighted by atomic mass is 9.52. The summed E-state index contributed by atoms with van der Waals surface area (Å²) in [5, 5.41) is 6.07. The van der Waals surface area contributed by atoms with Crippen molar-refractivity contribution < 1.29 is 14.4 Å². The van der Waals surface area contributed by atoms with Crippen molar-refractivity contribution in [1.82, 2.24) is 15.3 Å². The van der Waals surface area contributed by atoms with Gasteiger partial charge >= 0.3 is 0 Å². The Bertz CT molecular complexity index is 1750. The normalized spacial score (nSPS) is 32.4. The number of aryl methyl sites for hydroxylation is 2. The predicted molar refractivity (Wildman–Crippen MR) is 191 cm³/mol.